The minimum atomic E-state index is -0.367. The van der Waals surface area contributed by atoms with Crippen molar-refractivity contribution in [2.75, 3.05) is 7.11 Å². The molecule has 0 saturated heterocycles. The highest BCUT2D eigenvalue weighted by molar-refractivity contribution is 5.78. The standard InChI is InChI=1S/C20H17N5O4/c1-28-14-8-6-13(7-9-14)19-23-18(29-24-19)10-21-17(26)11-25-12-22-16-5-3-2-4-15(16)20(25)27/h2-9,12H,10-11H2,1H3,(H,21,26). The van der Waals surface area contributed by atoms with Crippen LogP contribution in [0.3, 0.4) is 0 Å². The third kappa shape index (κ3) is 3.98. The van der Waals surface area contributed by atoms with Gasteiger partial charge in [-0.3, -0.25) is 14.2 Å². The van der Waals surface area contributed by atoms with Gasteiger partial charge in [0.2, 0.25) is 17.6 Å². The van der Waals surface area contributed by atoms with E-state index in [1.165, 1.54) is 10.9 Å². The molecule has 0 unspecified atom stereocenters. The van der Waals surface area contributed by atoms with Gasteiger partial charge < -0.3 is 14.6 Å². The number of rotatable bonds is 6. The van der Waals surface area contributed by atoms with E-state index in [0.29, 0.717) is 16.7 Å². The van der Waals surface area contributed by atoms with Crippen molar-refractivity contribution >= 4 is 16.8 Å². The largest absolute Gasteiger partial charge is 0.497 e. The molecular weight excluding hydrogens is 374 g/mol. The molecule has 0 atom stereocenters. The van der Waals surface area contributed by atoms with E-state index in [0.717, 1.165) is 11.3 Å². The van der Waals surface area contributed by atoms with Crippen molar-refractivity contribution in [1.82, 2.24) is 25.0 Å². The zero-order valence-corrected chi connectivity index (χ0v) is 15.5. The Morgan fingerprint density at radius 3 is 2.76 bits per heavy atom. The molecule has 0 radical (unpaired) electrons. The molecule has 0 aliphatic heterocycles. The summed E-state index contributed by atoms with van der Waals surface area (Å²) in [4.78, 5) is 33.1. The molecule has 0 spiro atoms. The van der Waals surface area contributed by atoms with Gasteiger partial charge in [0.15, 0.2) is 0 Å². The maximum atomic E-state index is 12.4. The third-order valence-corrected chi connectivity index (χ3v) is 4.30. The Morgan fingerprint density at radius 2 is 1.97 bits per heavy atom. The molecule has 2 aromatic heterocycles. The van der Waals surface area contributed by atoms with Crippen LogP contribution in [0, 0.1) is 0 Å². The van der Waals surface area contributed by atoms with Crippen LogP contribution in [0.1, 0.15) is 5.89 Å². The highest BCUT2D eigenvalue weighted by atomic mass is 16.5. The maximum absolute atomic E-state index is 12.4. The van der Waals surface area contributed by atoms with Crippen molar-refractivity contribution in [3.63, 3.8) is 0 Å². The van der Waals surface area contributed by atoms with Gasteiger partial charge in [0.1, 0.15) is 12.3 Å². The second kappa shape index (κ2) is 7.93. The lowest BCUT2D eigenvalue weighted by Crippen LogP contribution is -2.32. The first-order valence-electron chi connectivity index (χ1n) is 8.82. The summed E-state index contributed by atoms with van der Waals surface area (Å²) >= 11 is 0. The zero-order chi connectivity index (χ0) is 20.2. The molecule has 9 heteroatoms. The summed E-state index contributed by atoms with van der Waals surface area (Å²) in [7, 11) is 1.59. The lowest BCUT2D eigenvalue weighted by atomic mass is 10.2. The van der Waals surface area contributed by atoms with E-state index in [-0.39, 0.29) is 30.4 Å². The van der Waals surface area contributed by atoms with Crippen LogP contribution >= 0.6 is 0 Å². The summed E-state index contributed by atoms with van der Waals surface area (Å²) in [5, 5.41) is 7.03. The summed E-state index contributed by atoms with van der Waals surface area (Å²) in [5.74, 6) is 1.02. The van der Waals surface area contributed by atoms with Crippen LogP contribution in [0.15, 0.2) is 64.2 Å². The van der Waals surface area contributed by atoms with Gasteiger partial charge in [-0.1, -0.05) is 17.3 Å². The van der Waals surface area contributed by atoms with E-state index in [1.54, 1.807) is 43.5 Å². The van der Waals surface area contributed by atoms with Crippen LogP contribution in [0.2, 0.25) is 0 Å². The van der Waals surface area contributed by atoms with Crippen molar-refractivity contribution < 1.29 is 14.1 Å². The summed E-state index contributed by atoms with van der Waals surface area (Å²) in [5.41, 5.74) is 1.08. The first kappa shape index (κ1) is 18.4. The van der Waals surface area contributed by atoms with Gasteiger partial charge in [-0.05, 0) is 36.4 Å². The molecule has 146 valence electrons. The second-order valence-corrected chi connectivity index (χ2v) is 6.21. The Labute approximate surface area is 165 Å². The van der Waals surface area contributed by atoms with Crippen LogP contribution in [0.4, 0.5) is 0 Å². The van der Waals surface area contributed by atoms with E-state index in [2.05, 4.69) is 20.4 Å². The van der Waals surface area contributed by atoms with E-state index in [9.17, 15) is 9.59 Å². The third-order valence-electron chi connectivity index (χ3n) is 4.30. The molecule has 2 heterocycles. The SMILES string of the molecule is COc1ccc(-c2noc(CNC(=O)Cn3cnc4ccccc4c3=O)n2)cc1. The van der Waals surface area contributed by atoms with Crippen molar-refractivity contribution in [2.45, 2.75) is 13.1 Å². The molecule has 0 aliphatic carbocycles. The lowest BCUT2D eigenvalue weighted by Gasteiger charge is -2.06. The Balaban J connectivity index is 1.39. The maximum Gasteiger partial charge on any atom is 0.261 e. The van der Waals surface area contributed by atoms with E-state index < -0.39 is 0 Å². The average molecular weight is 391 g/mol. The number of methoxy groups -OCH3 is 1. The lowest BCUT2D eigenvalue weighted by molar-refractivity contribution is -0.122. The van der Waals surface area contributed by atoms with Crippen molar-refractivity contribution in [3.05, 3.63) is 71.1 Å². The topological polar surface area (TPSA) is 112 Å². The number of amides is 1. The molecule has 0 bridgehead atoms. The highest BCUT2D eigenvalue weighted by Gasteiger charge is 2.12. The Kier molecular flexibility index (Phi) is 5.02. The smallest absolute Gasteiger partial charge is 0.261 e. The number of benzene rings is 2. The Morgan fingerprint density at radius 1 is 1.17 bits per heavy atom. The molecule has 9 nitrogen and oxygen atoms in total. The van der Waals surface area contributed by atoms with Crippen LogP contribution in [-0.2, 0) is 17.9 Å². The molecule has 1 amide bonds. The normalized spacial score (nSPS) is 10.8. The number of ether oxygens (including phenoxy) is 1. The molecule has 0 aliphatic rings. The fraction of sp³-hybridized carbons (Fsp3) is 0.150. The summed E-state index contributed by atoms with van der Waals surface area (Å²) < 4.78 is 11.5. The minimum absolute atomic E-state index is 0.0533. The predicted molar refractivity (Wildman–Crippen MR) is 104 cm³/mol. The predicted octanol–water partition coefficient (Wildman–Crippen LogP) is 1.77. The number of nitrogens with zero attached hydrogens (tertiary/aromatic N) is 4. The van der Waals surface area contributed by atoms with Crippen molar-refractivity contribution in [2.24, 2.45) is 0 Å². The van der Waals surface area contributed by atoms with Crippen LogP contribution in [-0.4, -0.2) is 32.7 Å². The average Bonchev–Trinajstić information content (AvgIpc) is 3.24. The van der Waals surface area contributed by atoms with Gasteiger partial charge in [0.05, 0.1) is 30.9 Å². The van der Waals surface area contributed by atoms with Gasteiger partial charge >= 0.3 is 0 Å². The molecule has 0 saturated carbocycles. The van der Waals surface area contributed by atoms with E-state index >= 15 is 0 Å². The first-order valence-corrected chi connectivity index (χ1v) is 8.82. The van der Waals surface area contributed by atoms with Gasteiger partial charge in [-0.2, -0.15) is 4.98 Å². The second-order valence-electron chi connectivity index (χ2n) is 6.21. The van der Waals surface area contributed by atoms with Crippen LogP contribution in [0.25, 0.3) is 22.3 Å². The number of fused-ring (bicyclic) bond motifs is 1. The van der Waals surface area contributed by atoms with E-state index in [4.69, 9.17) is 9.26 Å². The highest BCUT2D eigenvalue weighted by Crippen LogP contribution is 2.19. The molecule has 29 heavy (non-hydrogen) atoms. The Bertz CT molecular complexity index is 1210. The fourth-order valence-electron chi connectivity index (χ4n) is 2.79. The first-order chi connectivity index (χ1) is 14.1. The molecule has 4 aromatic rings. The number of aromatic nitrogens is 4. The zero-order valence-electron chi connectivity index (χ0n) is 15.5. The monoisotopic (exact) mass is 391 g/mol. The number of hydrogen-bond acceptors (Lipinski definition) is 7. The number of carbonyl (C=O) groups excluding carboxylic acids is 1. The minimum Gasteiger partial charge on any atom is -0.497 e. The van der Waals surface area contributed by atoms with Crippen LogP contribution in [0.5, 0.6) is 5.75 Å². The van der Waals surface area contributed by atoms with E-state index in [1.807, 2.05) is 12.1 Å². The van der Waals surface area contributed by atoms with Gasteiger partial charge in [0, 0.05) is 5.56 Å². The number of carbonyl (C=O) groups is 1. The summed E-state index contributed by atoms with van der Waals surface area (Å²) in [6.45, 7) is -0.103. The molecule has 2 aromatic carbocycles. The number of para-hydroxylation sites is 1. The Hall–Kier alpha value is -4.01. The fourth-order valence-corrected chi connectivity index (χ4v) is 2.79. The van der Waals surface area contributed by atoms with Gasteiger partial charge in [-0.15, -0.1) is 0 Å². The van der Waals surface area contributed by atoms with Crippen molar-refractivity contribution in [3.8, 4) is 17.1 Å². The quantitative estimate of drug-likeness (QED) is 0.533. The number of hydrogen-bond donors (Lipinski definition) is 1. The van der Waals surface area contributed by atoms with Crippen molar-refractivity contribution in [1.29, 1.82) is 0 Å². The van der Waals surface area contributed by atoms with Gasteiger partial charge in [-0.25, -0.2) is 4.98 Å². The molecule has 1 N–H and O–H groups in total. The number of nitrogens with one attached hydrogen (secondary N) is 1. The van der Waals surface area contributed by atoms with Crippen LogP contribution < -0.4 is 15.6 Å². The summed E-state index contributed by atoms with van der Waals surface area (Å²) in [6, 6.07) is 14.2. The molecular formula is C20H17N5O4. The summed E-state index contributed by atoms with van der Waals surface area (Å²) in [6.07, 6.45) is 1.36. The molecule has 0 fully saturated rings. The van der Waals surface area contributed by atoms with Gasteiger partial charge in [0.25, 0.3) is 5.56 Å². The molecule has 4 rings (SSSR count).